The number of nitro groups is 1. The maximum absolute atomic E-state index is 13.5. The van der Waals surface area contributed by atoms with Gasteiger partial charge >= 0.3 is 17.7 Å². The standard InChI is InChI=1S/C22H22FN3O7/c23-16-9-8-15(12-19(16)26(31)32)11-17(21(28)29)24-20(27)18-7-4-10-25(18)22(30)33-13-14-5-2-1-3-6-14/h1-3,5-6,8-9,12,17-18H,4,7,10-11,13H2,(H,24,27)(H,28,29)/t17-,18+/m0/s1. The van der Waals surface area contributed by atoms with Gasteiger partial charge in [-0.3, -0.25) is 19.8 Å². The van der Waals surface area contributed by atoms with Gasteiger partial charge in [0.2, 0.25) is 11.7 Å². The largest absolute Gasteiger partial charge is 0.480 e. The molecule has 0 radical (unpaired) electrons. The average Bonchev–Trinajstić information content (AvgIpc) is 3.29. The quantitative estimate of drug-likeness (QED) is 0.457. The van der Waals surface area contributed by atoms with Crippen molar-refractivity contribution in [3.8, 4) is 0 Å². The van der Waals surface area contributed by atoms with E-state index in [1.54, 1.807) is 24.3 Å². The fourth-order valence-electron chi connectivity index (χ4n) is 3.59. The summed E-state index contributed by atoms with van der Waals surface area (Å²) in [5, 5.41) is 22.8. The molecule has 0 aromatic heterocycles. The zero-order valence-electron chi connectivity index (χ0n) is 17.5. The normalized spacial score (nSPS) is 16.2. The molecule has 11 heteroatoms. The predicted molar refractivity (Wildman–Crippen MR) is 113 cm³/mol. The predicted octanol–water partition coefficient (Wildman–Crippen LogP) is 2.65. The Labute approximate surface area is 188 Å². The lowest BCUT2D eigenvalue weighted by Gasteiger charge is -2.25. The summed E-state index contributed by atoms with van der Waals surface area (Å²) < 4.78 is 18.8. The number of halogens is 1. The van der Waals surface area contributed by atoms with Gasteiger partial charge in [-0.15, -0.1) is 0 Å². The molecule has 0 spiro atoms. The molecule has 2 N–H and O–H groups in total. The Bertz CT molecular complexity index is 1050. The van der Waals surface area contributed by atoms with Gasteiger partial charge in [0.1, 0.15) is 18.7 Å². The number of benzene rings is 2. The number of carboxylic acids is 1. The molecule has 1 heterocycles. The first-order valence-corrected chi connectivity index (χ1v) is 10.2. The minimum atomic E-state index is -1.43. The van der Waals surface area contributed by atoms with Crippen LogP contribution in [0.2, 0.25) is 0 Å². The van der Waals surface area contributed by atoms with Gasteiger partial charge in [-0.05, 0) is 30.0 Å². The lowest BCUT2D eigenvalue weighted by molar-refractivity contribution is -0.387. The summed E-state index contributed by atoms with van der Waals surface area (Å²) in [5.74, 6) is -3.09. The van der Waals surface area contributed by atoms with Gasteiger partial charge < -0.3 is 15.2 Å². The number of aliphatic carboxylic acids is 1. The van der Waals surface area contributed by atoms with Crippen LogP contribution in [0.3, 0.4) is 0 Å². The van der Waals surface area contributed by atoms with Crippen LogP contribution in [-0.2, 0) is 27.4 Å². The number of nitro benzene ring substituents is 1. The second kappa shape index (κ2) is 10.5. The molecular weight excluding hydrogens is 437 g/mol. The molecular formula is C22H22FN3O7. The highest BCUT2D eigenvalue weighted by atomic mass is 19.1. The third-order valence-electron chi connectivity index (χ3n) is 5.26. The number of nitrogens with zero attached hydrogens (tertiary/aromatic N) is 2. The second-order valence-electron chi connectivity index (χ2n) is 7.54. The summed E-state index contributed by atoms with van der Waals surface area (Å²) in [4.78, 5) is 48.2. The molecule has 33 heavy (non-hydrogen) atoms. The van der Waals surface area contributed by atoms with E-state index in [-0.39, 0.29) is 25.1 Å². The Kier molecular flexibility index (Phi) is 7.54. The number of likely N-dealkylation sites (tertiary alicyclic amines) is 1. The Hall–Kier alpha value is -4.02. The highest BCUT2D eigenvalue weighted by molar-refractivity contribution is 5.89. The lowest BCUT2D eigenvalue weighted by atomic mass is 10.0. The van der Waals surface area contributed by atoms with Gasteiger partial charge in [-0.1, -0.05) is 36.4 Å². The number of carboxylic acid groups (broad SMARTS) is 1. The van der Waals surface area contributed by atoms with Gasteiger partial charge in [0.05, 0.1) is 4.92 Å². The van der Waals surface area contributed by atoms with E-state index in [0.717, 1.165) is 17.7 Å². The molecule has 2 atom stereocenters. The molecule has 2 aromatic carbocycles. The van der Waals surface area contributed by atoms with E-state index >= 15 is 0 Å². The molecule has 2 aromatic rings. The van der Waals surface area contributed by atoms with Crippen LogP contribution < -0.4 is 5.32 Å². The Morgan fingerprint density at radius 1 is 1.21 bits per heavy atom. The number of carbonyl (C=O) groups excluding carboxylic acids is 2. The first-order chi connectivity index (χ1) is 15.8. The average molecular weight is 459 g/mol. The molecule has 10 nitrogen and oxygen atoms in total. The Morgan fingerprint density at radius 2 is 1.94 bits per heavy atom. The second-order valence-corrected chi connectivity index (χ2v) is 7.54. The molecule has 0 saturated carbocycles. The SMILES string of the molecule is O=C(O)[C@H](Cc1ccc(F)c([N+](=O)[O-])c1)NC(=O)[C@H]1CCCN1C(=O)OCc1ccccc1. The summed E-state index contributed by atoms with van der Waals surface area (Å²) in [6, 6.07) is 9.70. The third kappa shape index (κ3) is 6.03. The summed E-state index contributed by atoms with van der Waals surface area (Å²) in [7, 11) is 0. The van der Waals surface area contributed by atoms with E-state index in [0.29, 0.717) is 12.8 Å². The zero-order chi connectivity index (χ0) is 24.0. The van der Waals surface area contributed by atoms with Crippen LogP contribution in [0.25, 0.3) is 0 Å². The molecule has 1 saturated heterocycles. The number of carbonyl (C=O) groups is 3. The van der Waals surface area contributed by atoms with Crippen molar-refractivity contribution in [3.63, 3.8) is 0 Å². The topological polar surface area (TPSA) is 139 Å². The number of hydrogen-bond acceptors (Lipinski definition) is 6. The lowest BCUT2D eigenvalue weighted by Crippen LogP contribution is -2.51. The number of hydrogen-bond donors (Lipinski definition) is 2. The number of nitrogens with one attached hydrogen (secondary N) is 1. The van der Waals surface area contributed by atoms with Gasteiger partial charge in [-0.2, -0.15) is 4.39 Å². The summed E-state index contributed by atoms with van der Waals surface area (Å²) >= 11 is 0. The number of amides is 2. The first-order valence-electron chi connectivity index (χ1n) is 10.2. The number of ether oxygens (including phenoxy) is 1. The highest BCUT2D eigenvalue weighted by Gasteiger charge is 2.37. The van der Waals surface area contributed by atoms with Crippen LogP contribution in [0, 0.1) is 15.9 Å². The van der Waals surface area contributed by atoms with Crippen molar-refractivity contribution in [2.75, 3.05) is 6.54 Å². The molecule has 1 fully saturated rings. The molecule has 174 valence electrons. The van der Waals surface area contributed by atoms with Crippen LogP contribution >= 0.6 is 0 Å². The molecule has 0 bridgehead atoms. The molecule has 0 unspecified atom stereocenters. The summed E-state index contributed by atoms with van der Waals surface area (Å²) in [6.45, 7) is 0.319. The van der Waals surface area contributed by atoms with E-state index in [2.05, 4.69) is 5.32 Å². The molecule has 2 amide bonds. The molecule has 1 aliphatic heterocycles. The van der Waals surface area contributed by atoms with Crippen LogP contribution in [-0.4, -0.2) is 51.5 Å². The monoisotopic (exact) mass is 459 g/mol. The van der Waals surface area contributed by atoms with Crippen molar-refractivity contribution in [3.05, 3.63) is 75.6 Å². The molecule has 0 aliphatic carbocycles. The van der Waals surface area contributed by atoms with Crippen molar-refractivity contribution in [2.24, 2.45) is 0 Å². The summed E-state index contributed by atoms with van der Waals surface area (Å²) in [6.07, 6.45) is -0.105. The zero-order valence-corrected chi connectivity index (χ0v) is 17.5. The smallest absolute Gasteiger partial charge is 0.410 e. The van der Waals surface area contributed by atoms with Crippen molar-refractivity contribution in [1.29, 1.82) is 0 Å². The Balaban J connectivity index is 1.64. The molecule has 1 aliphatic rings. The van der Waals surface area contributed by atoms with Gasteiger partial charge in [0.25, 0.3) is 0 Å². The van der Waals surface area contributed by atoms with Crippen LogP contribution in [0.15, 0.2) is 48.5 Å². The van der Waals surface area contributed by atoms with Crippen LogP contribution in [0.5, 0.6) is 0 Å². The first kappa shape index (κ1) is 23.6. The fourth-order valence-corrected chi connectivity index (χ4v) is 3.59. The van der Waals surface area contributed by atoms with E-state index in [1.165, 1.54) is 11.0 Å². The highest BCUT2D eigenvalue weighted by Crippen LogP contribution is 2.21. The minimum absolute atomic E-state index is 0.0333. The van der Waals surface area contributed by atoms with Gasteiger partial charge in [0, 0.05) is 19.0 Å². The minimum Gasteiger partial charge on any atom is -0.480 e. The van der Waals surface area contributed by atoms with E-state index in [4.69, 9.17) is 4.74 Å². The van der Waals surface area contributed by atoms with Gasteiger partial charge in [-0.25, -0.2) is 9.59 Å². The van der Waals surface area contributed by atoms with Crippen LogP contribution in [0.4, 0.5) is 14.9 Å². The fraction of sp³-hybridized carbons (Fsp3) is 0.318. The number of rotatable bonds is 8. The van der Waals surface area contributed by atoms with E-state index in [9.17, 15) is 34.0 Å². The van der Waals surface area contributed by atoms with Crippen molar-refractivity contribution in [2.45, 2.75) is 38.0 Å². The molecule has 3 rings (SSSR count). The van der Waals surface area contributed by atoms with E-state index in [1.807, 2.05) is 6.07 Å². The summed E-state index contributed by atoms with van der Waals surface area (Å²) in [5.41, 5.74) is 0.165. The van der Waals surface area contributed by atoms with Crippen molar-refractivity contribution >= 4 is 23.7 Å². The van der Waals surface area contributed by atoms with Crippen LogP contribution in [0.1, 0.15) is 24.0 Å². The third-order valence-corrected chi connectivity index (χ3v) is 5.26. The van der Waals surface area contributed by atoms with E-state index < -0.39 is 46.5 Å². The van der Waals surface area contributed by atoms with Crippen molar-refractivity contribution in [1.82, 2.24) is 10.2 Å². The Morgan fingerprint density at radius 3 is 2.61 bits per heavy atom. The van der Waals surface area contributed by atoms with Gasteiger partial charge in [0.15, 0.2) is 0 Å². The maximum Gasteiger partial charge on any atom is 0.410 e. The van der Waals surface area contributed by atoms with Crippen molar-refractivity contribution < 1.29 is 33.5 Å². The maximum atomic E-state index is 13.5.